The Morgan fingerprint density at radius 2 is 1.54 bits per heavy atom. The molecule has 0 aromatic heterocycles. The molecule has 1 aliphatic carbocycles. The predicted octanol–water partition coefficient (Wildman–Crippen LogP) is 4.21. The summed E-state index contributed by atoms with van der Waals surface area (Å²) >= 11 is 0. The molecular weight excluding hydrogens is 328 g/mol. The lowest BCUT2D eigenvalue weighted by Crippen LogP contribution is -2.57. The Balaban J connectivity index is 1.78. The molecule has 2 amide bonds. The average molecular weight is 367 g/mol. The zero-order chi connectivity index (χ0) is 19.7. The van der Waals surface area contributed by atoms with Crippen molar-refractivity contribution in [2.24, 2.45) is 23.2 Å². The van der Waals surface area contributed by atoms with Gasteiger partial charge in [-0.1, -0.05) is 27.7 Å². The number of likely N-dealkylation sites (tertiary alicyclic amines) is 1. The average Bonchev–Trinajstić information content (AvgIpc) is 2.43. The van der Waals surface area contributed by atoms with Gasteiger partial charge < -0.3 is 15.0 Å². The summed E-state index contributed by atoms with van der Waals surface area (Å²) in [6, 6.07) is 0.301. The van der Waals surface area contributed by atoms with Gasteiger partial charge in [-0.15, -0.1) is 0 Å². The quantitative estimate of drug-likeness (QED) is 0.811. The van der Waals surface area contributed by atoms with Crippen LogP contribution in [0.3, 0.4) is 0 Å². The zero-order valence-electron chi connectivity index (χ0n) is 17.7. The van der Waals surface area contributed by atoms with Gasteiger partial charge in [0.2, 0.25) is 5.91 Å². The van der Waals surface area contributed by atoms with Crippen molar-refractivity contribution >= 4 is 12.0 Å². The summed E-state index contributed by atoms with van der Waals surface area (Å²) in [4.78, 5) is 26.6. The van der Waals surface area contributed by atoms with E-state index in [9.17, 15) is 9.59 Å². The molecule has 1 saturated heterocycles. The summed E-state index contributed by atoms with van der Waals surface area (Å²) < 4.78 is 5.47. The van der Waals surface area contributed by atoms with Gasteiger partial charge in [-0.3, -0.25) is 4.79 Å². The standard InChI is InChI=1S/C21H38N2O3/c1-14(2)17(15(3)4)18(24)22-16-12-21(13-16)8-10-23(11-9-21)19(25)26-20(5,6)7/h14-17H,8-13H2,1-7H3,(H,22,24). The summed E-state index contributed by atoms with van der Waals surface area (Å²) in [5.74, 6) is 1.02. The third-order valence-corrected chi connectivity index (χ3v) is 5.92. The van der Waals surface area contributed by atoms with Gasteiger partial charge in [0.1, 0.15) is 5.60 Å². The lowest BCUT2D eigenvalue weighted by Gasteiger charge is -2.52. The van der Waals surface area contributed by atoms with Crippen molar-refractivity contribution in [3.63, 3.8) is 0 Å². The first kappa shape index (κ1) is 21.0. The smallest absolute Gasteiger partial charge is 0.410 e. The maximum atomic E-state index is 12.6. The molecule has 5 nitrogen and oxygen atoms in total. The minimum atomic E-state index is -0.443. The molecule has 0 aromatic carbocycles. The van der Waals surface area contributed by atoms with Crippen molar-refractivity contribution in [2.75, 3.05) is 13.1 Å². The zero-order valence-corrected chi connectivity index (χ0v) is 17.7. The van der Waals surface area contributed by atoms with Crippen molar-refractivity contribution in [1.29, 1.82) is 0 Å². The number of hydrogen-bond donors (Lipinski definition) is 1. The van der Waals surface area contributed by atoms with E-state index in [1.807, 2.05) is 25.7 Å². The minimum absolute atomic E-state index is 0.0839. The monoisotopic (exact) mass is 366 g/mol. The number of nitrogens with zero attached hydrogens (tertiary/aromatic N) is 1. The number of piperidine rings is 1. The second kappa shape index (κ2) is 7.77. The second-order valence-electron chi connectivity index (χ2n) is 10.1. The Bertz CT molecular complexity index is 498. The van der Waals surface area contributed by atoms with Crippen molar-refractivity contribution in [3.8, 4) is 0 Å². The first-order chi connectivity index (χ1) is 11.9. The first-order valence-corrected chi connectivity index (χ1v) is 10.2. The molecule has 0 aromatic rings. The van der Waals surface area contributed by atoms with Crippen LogP contribution >= 0.6 is 0 Å². The van der Waals surface area contributed by atoms with Crippen LogP contribution in [0.5, 0.6) is 0 Å². The summed E-state index contributed by atoms with van der Waals surface area (Å²) in [6.45, 7) is 15.7. The van der Waals surface area contributed by atoms with E-state index in [0.29, 0.717) is 23.3 Å². The highest BCUT2D eigenvalue weighted by Gasteiger charge is 2.47. The second-order valence-corrected chi connectivity index (χ2v) is 10.1. The van der Waals surface area contributed by atoms with Crippen LogP contribution in [0, 0.1) is 23.2 Å². The van der Waals surface area contributed by atoms with Gasteiger partial charge in [0.15, 0.2) is 0 Å². The molecule has 0 radical (unpaired) electrons. The van der Waals surface area contributed by atoms with Crippen molar-refractivity contribution < 1.29 is 14.3 Å². The molecule has 2 aliphatic rings. The summed E-state index contributed by atoms with van der Waals surface area (Å²) in [7, 11) is 0. The van der Waals surface area contributed by atoms with Crippen LogP contribution < -0.4 is 5.32 Å². The predicted molar refractivity (Wildman–Crippen MR) is 104 cm³/mol. The number of ether oxygens (including phenoxy) is 1. The third-order valence-electron chi connectivity index (χ3n) is 5.92. The van der Waals surface area contributed by atoms with Gasteiger partial charge in [0.05, 0.1) is 0 Å². The highest BCUT2D eigenvalue weighted by molar-refractivity contribution is 5.79. The molecule has 0 atom stereocenters. The molecule has 150 valence electrons. The number of amides is 2. The SMILES string of the molecule is CC(C)C(C(=O)NC1CC2(CCN(C(=O)OC(C)(C)C)CC2)C1)C(C)C. The fraction of sp³-hybridized carbons (Fsp3) is 0.905. The highest BCUT2D eigenvalue weighted by atomic mass is 16.6. The van der Waals surface area contributed by atoms with Crippen LogP contribution in [-0.2, 0) is 9.53 Å². The van der Waals surface area contributed by atoms with Crippen molar-refractivity contribution in [3.05, 3.63) is 0 Å². The molecule has 1 N–H and O–H groups in total. The van der Waals surface area contributed by atoms with E-state index in [1.165, 1.54) is 0 Å². The lowest BCUT2D eigenvalue weighted by molar-refractivity contribution is -0.130. The Morgan fingerprint density at radius 1 is 1.04 bits per heavy atom. The number of carbonyl (C=O) groups excluding carboxylic acids is 2. The fourth-order valence-electron chi connectivity index (χ4n) is 4.66. The third kappa shape index (κ3) is 5.14. The topological polar surface area (TPSA) is 58.6 Å². The number of nitrogens with one attached hydrogen (secondary N) is 1. The maximum Gasteiger partial charge on any atom is 0.410 e. The molecule has 1 saturated carbocycles. The van der Waals surface area contributed by atoms with E-state index in [1.54, 1.807) is 0 Å². The summed E-state index contributed by atoms with van der Waals surface area (Å²) in [5, 5.41) is 3.27. The normalized spacial score (nSPS) is 20.6. The van der Waals surface area contributed by atoms with Crippen LogP contribution in [0.4, 0.5) is 4.79 Å². The minimum Gasteiger partial charge on any atom is -0.444 e. The van der Waals surface area contributed by atoms with Crippen LogP contribution in [0.2, 0.25) is 0 Å². The number of rotatable bonds is 4. The molecule has 5 heteroatoms. The largest absolute Gasteiger partial charge is 0.444 e. The van der Waals surface area contributed by atoms with E-state index in [0.717, 1.165) is 38.8 Å². The molecule has 26 heavy (non-hydrogen) atoms. The maximum absolute atomic E-state index is 12.6. The van der Waals surface area contributed by atoms with Gasteiger partial charge in [0, 0.05) is 25.0 Å². The van der Waals surface area contributed by atoms with Gasteiger partial charge in [-0.2, -0.15) is 0 Å². The Morgan fingerprint density at radius 3 is 1.96 bits per heavy atom. The summed E-state index contributed by atoms with van der Waals surface area (Å²) in [6.07, 6.45) is 3.91. The van der Waals surface area contributed by atoms with E-state index in [-0.39, 0.29) is 17.9 Å². The molecule has 2 fully saturated rings. The molecule has 0 unspecified atom stereocenters. The van der Waals surface area contributed by atoms with Crippen LogP contribution in [-0.4, -0.2) is 41.6 Å². The van der Waals surface area contributed by atoms with Crippen LogP contribution in [0.1, 0.15) is 74.1 Å². The van der Waals surface area contributed by atoms with E-state index in [2.05, 4.69) is 33.0 Å². The van der Waals surface area contributed by atoms with Gasteiger partial charge in [0.25, 0.3) is 0 Å². The summed E-state index contributed by atoms with van der Waals surface area (Å²) in [5.41, 5.74) is -0.136. The molecule has 2 rings (SSSR count). The Kier molecular flexibility index (Phi) is 6.29. The first-order valence-electron chi connectivity index (χ1n) is 10.2. The van der Waals surface area contributed by atoms with Gasteiger partial charge in [-0.25, -0.2) is 4.79 Å². The fourth-order valence-corrected chi connectivity index (χ4v) is 4.66. The van der Waals surface area contributed by atoms with E-state index < -0.39 is 5.60 Å². The van der Waals surface area contributed by atoms with Crippen molar-refractivity contribution in [2.45, 2.75) is 85.8 Å². The van der Waals surface area contributed by atoms with Gasteiger partial charge in [-0.05, 0) is 63.7 Å². The molecular formula is C21H38N2O3. The Hall–Kier alpha value is -1.26. The van der Waals surface area contributed by atoms with Gasteiger partial charge >= 0.3 is 6.09 Å². The molecule has 1 heterocycles. The molecule has 0 bridgehead atoms. The van der Waals surface area contributed by atoms with Crippen LogP contribution in [0.25, 0.3) is 0 Å². The lowest BCUT2D eigenvalue weighted by atomic mass is 9.60. The molecule has 1 aliphatic heterocycles. The number of carbonyl (C=O) groups is 2. The van der Waals surface area contributed by atoms with Crippen molar-refractivity contribution in [1.82, 2.24) is 10.2 Å². The number of hydrogen-bond acceptors (Lipinski definition) is 3. The van der Waals surface area contributed by atoms with E-state index in [4.69, 9.17) is 4.74 Å². The molecule has 1 spiro atoms. The highest BCUT2D eigenvalue weighted by Crippen LogP contribution is 2.49. The van der Waals surface area contributed by atoms with Crippen LogP contribution in [0.15, 0.2) is 0 Å². The van der Waals surface area contributed by atoms with E-state index >= 15 is 0 Å². The Labute approximate surface area is 159 Å².